The third-order valence-corrected chi connectivity index (χ3v) is 6.16. The molecule has 0 heterocycles. The molecular weight excluding hydrogens is 314 g/mol. The van der Waals surface area contributed by atoms with Crippen LogP contribution in [0.5, 0.6) is 0 Å². The summed E-state index contributed by atoms with van der Waals surface area (Å²) in [5, 5.41) is 0. The zero-order valence-corrected chi connectivity index (χ0v) is 14.6. The Kier molecular flexibility index (Phi) is 7.37. The van der Waals surface area contributed by atoms with Crippen molar-refractivity contribution in [3.63, 3.8) is 0 Å². The molecule has 6 heteroatoms. The Labute approximate surface area is 131 Å². The van der Waals surface area contributed by atoms with Crippen LogP contribution < -0.4 is 0 Å². The second-order valence-electron chi connectivity index (χ2n) is 4.73. The van der Waals surface area contributed by atoms with Crippen LogP contribution in [0.1, 0.15) is 18.9 Å². The van der Waals surface area contributed by atoms with Crippen LogP contribution in [0.2, 0.25) is 0 Å². The number of aryl methyl sites for hydroxylation is 1. The predicted molar refractivity (Wildman–Crippen MR) is 88.3 cm³/mol. The molecule has 0 aliphatic heterocycles. The molecule has 1 rings (SSSR count). The molecular formula is C14H22ClNO2S2. The van der Waals surface area contributed by atoms with Crippen LogP contribution in [0.25, 0.3) is 0 Å². The molecule has 0 saturated carbocycles. The van der Waals surface area contributed by atoms with Gasteiger partial charge in [-0.2, -0.15) is 16.1 Å². The number of halogens is 1. The van der Waals surface area contributed by atoms with E-state index in [0.29, 0.717) is 10.8 Å². The van der Waals surface area contributed by atoms with E-state index in [-0.39, 0.29) is 6.04 Å². The Balaban J connectivity index is 2.86. The van der Waals surface area contributed by atoms with Gasteiger partial charge in [-0.15, -0.1) is 11.6 Å². The first kappa shape index (κ1) is 17.8. The average Bonchev–Trinajstić information content (AvgIpc) is 2.44. The minimum absolute atomic E-state index is 0.00466. The lowest BCUT2D eigenvalue weighted by molar-refractivity contribution is 0.382. The molecule has 0 aliphatic rings. The fraction of sp³-hybridized carbons (Fsp3) is 0.571. The Bertz CT molecular complexity index is 502. The van der Waals surface area contributed by atoms with Crippen molar-refractivity contribution in [1.82, 2.24) is 4.31 Å². The second-order valence-corrected chi connectivity index (χ2v) is 8.10. The largest absolute Gasteiger partial charge is 0.243 e. The number of nitrogens with zero attached hydrogens (tertiary/aromatic N) is 1. The zero-order valence-electron chi connectivity index (χ0n) is 12.2. The molecule has 114 valence electrons. The van der Waals surface area contributed by atoms with Gasteiger partial charge in [0.15, 0.2) is 0 Å². The number of hydrogen-bond acceptors (Lipinski definition) is 3. The summed E-state index contributed by atoms with van der Waals surface area (Å²) in [6.45, 7) is 1.94. The first-order valence-electron chi connectivity index (χ1n) is 6.55. The molecule has 0 aromatic heterocycles. The van der Waals surface area contributed by atoms with Crippen molar-refractivity contribution in [2.75, 3.05) is 24.9 Å². The molecule has 1 aromatic carbocycles. The SMILES string of the molecule is CSCCC(C)N(C)S(=O)(=O)c1ccc(CCCl)cc1. The fourth-order valence-corrected chi connectivity index (χ4v) is 4.00. The maximum atomic E-state index is 12.5. The minimum atomic E-state index is -3.41. The first-order chi connectivity index (χ1) is 9.43. The molecule has 0 spiro atoms. The van der Waals surface area contributed by atoms with E-state index in [0.717, 1.165) is 24.2 Å². The van der Waals surface area contributed by atoms with E-state index >= 15 is 0 Å². The van der Waals surface area contributed by atoms with Crippen LogP contribution in [0.15, 0.2) is 29.2 Å². The van der Waals surface area contributed by atoms with Gasteiger partial charge in [-0.3, -0.25) is 0 Å². The number of thioether (sulfide) groups is 1. The van der Waals surface area contributed by atoms with Gasteiger partial charge in [-0.05, 0) is 49.5 Å². The Morgan fingerprint density at radius 2 is 1.90 bits per heavy atom. The Morgan fingerprint density at radius 1 is 1.30 bits per heavy atom. The zero-order chi connectivity index (χ0) is 15.2. The van der Waals surface area contributed by atoms with Crippen LogP contribution in [-0.4, -0.2) is 43.7 Å². The van der Waals surface area contributed by atoms with Gasteiger partial charge >= 0.3 is 0 Å². The quantitative estimate of drug-likeness (QED) is 0.684. The van der Waals surface area contributed by atoms with Crippen molar-refractivity contribution < 1.29 is 8.42 Å². The number of hydrogen-bond donors (Lipinski definition) is 0. The summed E-state index contributed by atoms with van der Waals surface area (Å²) in [4.78, 5) is 0.342. The van der Waals surface area contributed by atoms with Crippen LogP contribution in [0, 0.1) is 0 Å². The van der Waals surface area contributed by atoms with Crippen molar-refractivity contribution in [3.8, 4) is 0 Å². The molecule has 0 bridgehead atoms. The summed E-state index contributed by atoms with van der Waals surface area (Å²) in [6.07, 6.45) is 3.62. The standard InChI is InChI=1S/C14H22ClNO2S2/c1-12(9-11-19-3)16(2)20(17,18)14-6-4-13(5-7-14)8-10-15/h4-7,12H,8-11H2,1-3H3. The molecule has 0 saturated heterocycles. The maximum Gasteiger partial charge on any atom is 0.243 e. The fourth-order valence-electron chi connectivity index (χ4n) is 1.81. The molecule has 20 heavy (non-hydrogen) atoms. The van der Waals surface area contributed by atoms with Crippen molar-refractivity contribution in [3.05, 3.63) is 29.8 Å². The van der Waals surface area contributed by atoms with Crippen molar-refractivity contribution in [1.29, 1.82) is 0 Å². The maximum absolute atomic E-state index is 12.5. The van der Waals surface area contributed by atoms with Crippen LogP contribution in [-0.2, 0) is 16.4 Å². The number of benzene rings is 1. The van der Waals surface area contributed by atoms with Gasteiger partial charge in [0.25, 0.3) is 0 Å². The highest BCUT2D eigenvalue weighted by molar-refractivity contribution is 7.98. The molecule has 1 unspecified atom stereocenters. The normalized spacial score (nSPS) is 13.7. The van der Waals surface area contributed by atoms with Gasteiger partial charge in [0.2, 0.25) is 10.0 Å². The predicted octanol–water partition coefficient (Wildman–Crippen LogP) is 3.23. The highest BCUT2D eigenvalue weighted by atomic mass is 35.5. The lowest BCUT2D eigenvalue weighted by Crippen LogP contribution is -2.35. The topological polar surface area (TPSA) is 37.4 Å². The van der Waals surface area contributed by atoms with E-state index in [1.807, 2.05) is 25.3 Å². The van der Waals surface area contributed by atoms with E-state index in [2.05, 4.69) is 0 Å². The highest BCUT2D eigenvalue weighted by Gasteiger charge is 2.24. The lowest BCUT2D eigenvalue weighted by atomic mass is 10.2. The van der Waals surface area contributed by atoms with Gasteiger partial charge in [0.05, 0.1) is 4.90 Å². The number of rotatable bonds is 8. The van der Waals surface area contributed by atoms with E-state index in [1.54, 1.807) is 30.9 Å². The summed E-state index contributed by atoms with van der Waals surface area (Å²) in [7, 11) is -1.76. The van der Waals surface area contributed by atoms with Crippen LogP contribution in [0.3, 0.4) is 0 Å². The second kappa shape index (κ2) is 8.27. The molecule has 0 radical (unpaired) electrons. The van der Waals surface area contributed by atoms with Gasteiger partial charge in [-0.25, -0.2) is 8.42 Å². The lowest BCUT2D eigenvalue weighted by Gasteiger charge is -2.24. The highest BCUT2D eigenvalue weighted by Crippen LogP contribution is 2.19. The first-order valence-corrected chi connectivity index (χ1v) is 9.92. The van der Waals surface area contributed by atoms with Crippen molar-refractivity contribution >= 4 is 33.4 Å². The van der Waals surface area contributed by atoms with E-state index in [1.165, 1.54) is 4.31 Å². The smallest absolute Gasteiger partial charge is 0.207 e. The molecule has 0 fully saturated rings. The third-order valence-electron chi connectivity index (χ3n) is 3.34. The van der Waals surface area contributed by atoms with E-state index in [4.69, 9.17) is 11.6 Å². The summed E-state index contributed by atoms with van der Waals surface area (Å²) < 4.78 is 26.5. The van der Waals surface area contributed by atoms with Gasteiger partial charge in [0.1, 0.15) is 0 Å². The van der Waals surface area contributed by atoms with Gasteiger partial charge < -0.3 is 0 Å². The van der Waals surface area contributed by atoms with Gasteiger partial charge in [0, 0.05) is 19.0 Å². The van der Waals surface area contributed by atoms with E-state index < -0.39 is 10.0 Å². The minimum Gasteiger partial charge on any atom is -0.207 e. The molecule has 1 atom stereocenters. The summed E-state index contributed by atoms with van der Waals surface area (Å²) in [5.74, 6) is 1.49. The molecule has 0 aliphatic carbocycles. The number of sulfonamides is 1. The van der Waals surface area contributed by atoms with E-state index in [9.17, 15) is 8.42 Å². The van der Waals surface area contributed by atoms with Crippen molar-refractivity contribution in [2.45, 2.75) is 30.7 Å². The average molecular weight is 336 g/mol. The summed E-state index contributed by atoms with van der Waals surface area (Å²) in [6, 6.07) is 6.98. The monoisotopic (exact) mass is 335 g/mol. The van der Waals surface area contributed by atoms with Gasteiger partial charge in [-0.1, -0.05) is 12.1 Å². The number of alkyl halides is 1. The van der Waals surface area contributed by atoms with Crippen LogP contribution >= 0.6 is 23.4 Å². The van der Waals surface area contributed by atoms with Crippen LogP contribution in [0.4, 0.5) is 0 Å². The molecule has 0 N–H and O–H groups in total. The van der Waals surface area contributed by atoms with Crippen molar-refractivity contribution in [2.24, 2.45) is 0 Å². The third kappa shape index (κ3) is 4.65. The molecule has 3 nitrogen and oxygen atoms in total. The Morgan fingerprint density at radius 3 is 2.40 bits per heavy atom. The summed E-state index contributed by atoms with van der Waals surface area (Å²) >= 11 is 7.41. The Hall–Kier alpha value is -0.230. The summed E-state index contributed by atoms with van der Waals surface area (Å²) in [5.41, 5.74) is 1.05. The molecule has 0 amide bonds. The molecule has 1 aromatic rings.